The minimum Gasteiger partial charge on any atom is -0.487 e. The quantitative estimate of drug-likeness (QED) is 0.887. The minimum atomic E-state index is 0.262. The summed E-state index contributed by atoms with van der Waals surface area (Å²) >= 11 is 0. The largest absolute Gasteiger partial charge is 0.487 e. The third-order valence-corrected chi connectivity index (χ3v) is 3.83. The summed E-state index contributed by atoms with van der Waals surface area (Å²) in [5.74, 6) is 0.932. The van der Waals surface area contributed by atoms with Crippen LogP contribution < -0.4 is 10.1 Å². The van der Waals surface area contributed by atoms with Crippen molar-refractivity contribution in [3.05, 3.63) is 46.8 Å². The second kappa shape index (κ2) is 6.76. The second-order valence-corrected chi connectivity index (χ2v) is 5.44. The topological polar surface area (TPSA) is 39.1 Å². The van der Waals surface area contributed by atoms with E-state index in [4.69, 9.17) is 4.74 Å². The fourth-order valence-corrected chi connectivity index (χ4v) is 2.32. The van der Waals surface area contributed by atoms with Crippen LogP contribution in [0.3, 0.4) is 0 Å². The summed E-state index contributed by atoms with van der Waals surface area (Å²) in [5.41, 5.74) is 4.63. The van der Waals surface area contributed by atoms with Crippen molar-refractivity contribution in [3.8, 4) is 5.75 Å². The Morgan fingerprint density at radius 1 is 1.33 bits per heavy atom. The van der Waals surface area contributed by atoms with Crippen LogP contribution in [-0.4, -0.2) is 16.8 Å². The second-order valence-electron chi connectivity index (χ2n) is 5.44. The van der Waals surface area contributed by atoms with Crippen molar-refractivity contribution in [1.29, 1.82) is 0 Å². The van der Waals surface area contributed by atoms with E-state index < -0.39 is 0 Å². The highest BCUT2D eigenvalue weighted by Gasteiger charge is 2.12. The van der Waals surface area contributed by atoms with Gasteiger partial charge < -0.3 is 10.1 Å². The number of benzene rings is 1. The number of nitrogens with zero attached hydrogens (tertiary/aromatic N) is 2. The van der Waals surface area contributed by atoms with Crippen LogP contribution in [0, 0.1) is 6.92 Å². The molecule has 0 aliphatic carbocycles. The Labute approximate surface area is 127 Å². The summed E-state index contributed by atoms with van der Waals surface area (Å²) in [6.07, 6.45) is 0.945. The molecule has 0 fully saturated rings. The van der Waals surface area contributed by atoms with E-state index in [1.54, 1.807) is 0 Å². The molecular formula is C17H25N3O. The summed E-state index contributed by atoms with van der Waals surface area (Å²) in [6, 6.07) is 8.68. The maximum atomic E-state index is 6.04. The molecule has 0 aliphatic heterocycles. The van der Waals surface area contributed by atoms with Gasteiger partial charge in [0, 0.05) is 18.7 Å². The molecule has 1 heterocycles. The first-order chi connectivity index (χ1) is 10.0. The van der Waals surface area contributed by atoms with Crippen molar-refractivity contribution in [2.75, 3.05) is 7.05 Å². The monoisotopic (exact) mass is 287 g/mol. The van der Waals surface area contributed by atoms with E-state index in [1.807, 2.05) is 18.8 Å². The van der Waals surface area contributed by atoms with Crippen LogP contribution in [0.5, 0.6) is 5.75 Å². The number of aromatic nitrogens is 2. The minimum absolute atomic E-state index is 0.262. The highest BCUT2D eigenvalue weighted by atomic mass is 16.5. The number of ether oxygens (including phenoxy) is 1. The summed E-state index contributed by atoms with van der Waals surface area (Å²) in [4.78, 5) is 0. The standard InChI is InChI=1S/C17H25N3O/c1-6-14-10-15(20(5)19-14)11-21-17-8-7-12(2)9-16(17)13(3)18-4/h7-10,13,18H,6,11H2,1-5H3. The molecule has 4 nitrogen and oxygen atoms in total. The average Bonchev–Trinajstić information content (AvgIpc) is 2.85. The zero-order valence-corrected chi connectivity index (χ0v) is 13.6. The SMILES string of the molecule is CCc1cc(COc2ccc(C)cc2C(C)NC)n(C)n1. The fourth-order valence-electron chi connectivity index (χ4n) is 2.32. The van der Waals surface area contributed by atoms with Gasteiger partial charge in [-0.2, -0.15) is 5.10 Å². The third kappa shape index (κ3) is 3.64. The lowest BCUT2D eigenvalue weighted by molar-refractivity contribution is 0.289. The van der Waals surface area contributed by atoms with Gasteiger partial charge in [0.05, 0.1) is 11.4 Å². The first kappa shape index (κ1) is 15.6. The fraction of sp³-hybridized carbons (Fsp3) is 0.471. The van der Waals surface area contributed by atoms with Crippen molar-refractivity contribution in [1.82, 2.24) is 15.1 Å². The Kier molecular flexibility index (Phi) is 5.02. The van der Waals surface area contributed by atoms with E-state index in [1.165, 1.54) is 11.1 Å². The molecule has 1 aromatic heterocycles. The Balaban J connectivity index is 2.17. The molecule has 0 amide bonds. The molecule has 114 valence electrons. The van der Waals surface area contributed by atoms with Gasteiger partial charge in [-0.1, -0.05) is 24.6 Å². The predicted octanol–water partition coefficient (Wildman–Crippen LogP) is 3.15. The smallest absolute Gasteiger partial charge is 0.130 e. The number of hydrogen-bond acceptors (Lipinski definition) is 3. The van der Waals surface area contributed by atoms with Gasteiger partial charge in [-0.25, -0.2) is 0 Å². The Bertz CT molecular complexity index is 604. The van der Waals surface area contributed by atoms with Crippen LogP contribution in [0.1, 0.15) is 42.4 Å². The Morgan fingerprint density at radius 2 is 2.10 bits per heavy atom. The number of rotatable bonds is 6. The molecule has 0 bridgehead atoms. The molecule has 0 aliphatic rings. The maximum Gasteiger partial charge on any atom is 0.130 e. The first-order valence-corrected chi connectivity index (χ1v) is 7.47. The van der Waals surface area contributed by atoms with Gasteiger partial charge in [-0.15, -0.1) is 0 Å². The lowest BCUT2D eigenvalue weighted by Gasteiger charge is -2.17. The van der Waals surface area contributed by atoms with Gasteiger partial charge in [0.25, 0.3) is 0 Å². The van der Waals surface area contributed by atoms with Crippen LogP contribution >= 0.6 is 0 Å². The molecule has 0 radical (unpaired) electrons. The van der Waals surface area contributed by atoms with Gasteiger partial charge in [0.1, 0.15) is 12.4 Å². The molecule has 1 aromatic carbocycles. The van der Waals surface area contributed by atoms with Crippen molar-refractivity contribution < 1.29 is 4.74 Å². The van der Waals surface area contributed by atoms with Gasteiger partial charge in [-0.3, -0.25) is 4.68 Å². The van der Waals surface area contributed by atoms with Crippen molar-refractivity contribution in [2.24, 2.45) is 7.05 Å². The molecule has 1 unspecified atom stereocenters. The van der Waals surface area contributed by atoms with Gasteiger partial charge in [0.15, 0.2) is 0 Å². The van der Waals surface area contributed by atoms with E-state index in [0.29, 0.717) is 6.61 Å². The van der Waals surface area contributed by atoms with Crippen molar-refractivity contribution in [2.45, 2.75) is 39.8 Å². The van der Waals surface area contributed by atoms with Crippen molar-refractivity contribution in [3.63, 3.8) is 0 Å². The predicted molar refractivity (Wildman–Crippen MR) is 85.6 cm³/mol. The molecule has 4 heteroatoms. The summed E-state index contributed by atoms with van der Waals surface area (Å²) < 4.78 is 7.94. The average molecular weight is 287 g/mol. The van der Waals surface area contributed by atoms with E-state index in [0.717, 1.165) is 23.6 Å². The van der Waals surface area contributed by atoms with Gasteiger partial charge in [0.2, 0.25) is 0 Å². The summed E-state index contributed by atoms with van der Waals surface area (Å²) in [6.45, 7) is 6.89. The molecule has 0 spiro atoms. The zero-order chi connectivity index (χ0) is 15.4. The number of hydrogen-bond donors (Lipinski definition) is 1. The molecule has 0 saturated carbocycles. The summed E-state index contributed by atoms with van der Waals surface area (Å²) in [5, 5.41) is 7.73. The molecule has 1 N–H and O–H groups in total. The van der Waals surface area contributed by atoms with Crippen LogP contribution in [0.2, 0.25) is 0 Å². The van der Waals surface area contributed by atoms with Crippen LogP contribution in [0.15, 0.2) is 24.3 Å². The van der Waals surface area contributed by atoms with Crippen LogP contribution in [0.4, 0.5) is 0 Å². The third-order valence-electron chi connectivity index (χ3n) is 3.83. The maximum absolute atomic E-state index is 6.04. The lowest BCUT2D eigenvalue weighted by atomic mass is 10.0. The molecule has 2 aromatic rings. The van der Waals surface area contributed by atoms with Gasteiger partial charge in [-0.05, 0) is 39.4 Å². The highest BCUT2D eigenvalue weighted by molar-refractivity contribution is 5.39. The van der Waals surface area contributed by atoms with Gasteiger partial charge >= 0.3 is 0 Å². The van der Waals surface area contributed by atoms with E-state index in [-0.39, 0.29) is 6.04 Å². The first-order valence-electron chi connectivity index (χ1n) is 7.47. The summed E-state index contributed by atoms with van der Waals surface area (Å²) in [7, 11) is 3.93. The molecule has 21 heavy (non-hydrogen) atoms. The van der Waals surface area contributed by atoms with E-state index >= 15 is 0 Å². The van der Waals surface area contributed by atoms with E-state index in [9.17, 15) is 0 Å². The molecular weight excluding hydrogens is 262 g/mol. The number of aryl methyl sites for hydroxylation is 3. The highest BCUT2D eigenvalue weighted by Crippen LogP contribution is 2.27. The lowest BCUT2D eigenvalue weighted by Crippen LogP contribution is -2.14. The van der Waals surface area contributed by atoms with Crippen molar-refractivity contribution >= 4 is 0 Å². The van der Waals surface area contributed by atoms with E-state index in [2.05, 4.69) is 55.5 Å². The molecule has 1 atom stereocenters. The number of nitrogens with one attached hydrogen (secondary N) is 1. The Hall–Kier alpha value is -1.81. The van der Waals surface area contributed by atoms with Crippen LogP contribution in [-0.2, 0) is 20.1 Å². The normalized spacial score (nSPS) is 12.4. The molecule has 0 saturated heterocycles. The van der Waals surface area contributed by atoms with Crippen LogP contribution in [0.25, 0.3) is 0 Å². The molecule has 2 rings (SSSR count). The Morgan fingerprint density at radius 3 is 2.71 bits per heavy atom. The zero-order valence-electron chi connectivity index (χ0n) is 13.6.